The highest BCUT2D eigenvalue weighted by Gasteiger charge is 2.20. The molecule has 172 valence electrons. The number of carbonyl (C=O) groups excluding carboxylic acids is 1. The number of thioether (sulfide) groups is 1. The van der Waals surface area contributed by atoms with Crippen molar-refractivity contribution in [3.63, 3.8) is 0 Å². The van der Waals surface area contributed by atoms with Crippen molar-refractivity contribution in [2.24, 2.45) is 0 Å². The zero-order valence-electron chi connectivity index (χ0n) is 18.5. The molecule has 10 heteroatoms. The summed E-state index contributed by atoms with van der Waals surface area (Å²) in [6, 6.07) is 21.5. The third-order valence-electron chi connectivity index (χ3n) is 5.02. The normalized spacial score (nSPS) is 10.6. The van der Waals surface area contributed by atoms with E-state index in [9.17, 15) is 14.9 Å². The molecule has 0 aliphatic heterocycles. The second kappa shape index (κ2) is 10.2. The van der Waals surface area contributed by atoms with Gasteiger partial charge in [0.25, 0.3) is 5.69 Å². The molecular formula is C24H21N5O4S. The third-order valence-corrected chi connectivity index (χ3v) is 5.95. The molecule has 0 unspecified atom stereocenters. The number of nitro benzene ring substituents is 1. The first-order valence-electron chi connectivity index (χ1n) is 10.3. The summed E-state index contributed by atoms with van der Waals surface area (Å²) < 4.78 is 7.39. The number of benzene rings is 3. The number of amides is 1. The number of aromatic nitrogens is 3. The molecule has 34 heavy (non-hydrogen) atoms. The Labute approximate surface area is 199 Å². The van der Waals surface area contributed by atoms with E-state index in [1.165, 1.54) is 30.0 Å². The highest BCUT2D eigenvalue weighted by atomic mass is 32.2. The van der Waals surface area contributed by atoms with Crippen LogP contribution in [0.3, 0.4) is 0 Å². The maximum absolute atomic E-state index is 12.6. The molecule has 1 heterocycles. The van der Waals surface area contributed by atoms with Crippen LogP contribution in [-0.2, 0) is 4.79 Å². The molecular weight excluding hydrogens is 454 g/mol. The number of anilines is 1. The predicted molar refractivity (Wildman–Crippen MR) is 131 cm³/mol. The minimum atomic E-state index is -0.468. The number of non-ortho nitro benzene ring substituents is 1. The van der Waals surface area contributed by atoms with Gasteiger partial charge in [-0.05, 0) is 42.8 Å². The minimum absolute atomic E-state index is 0.0234. The fourth-order valence-electron chi connectivity index (χ4n) is 3.40. The number of nitro groups is 1. The van der Waals surface area contributed by atoms with Gasteiger partial charge in [0.05, 0.1) is 23.3 Å². The Bertz CT molecular complexity index is 1340. The zero-order chi connectivity index (χ0) is 24.1. The molecule has 0 saturated carbocycles. The van der Waals surface area contributed by atoms with Crippen LogP contribution in [0.1, 0.15) is 5.56 Å². The van der Waals surface area contributed by atoms with Gasteiger partial charge in [-0.2, -0.15) is 0 Å². The van der Waals surface area contributed by atoms with Gasteiger partial charge in [0.15, 0.2) is 11.0 Å². The van der Waals surface area contributed by atoms with Crippen LogP contribution in [0.5, 0.6) is 5.75 Å². The number of carbonyl (C=O) groups is 1. The molecule has 0 atom stereocenters. The summed E-state index contributed by atoms with van der Waals surface area (Å²) in [5, 5.41) is 23.0. The van der Waals surface area contributed by atoms with Crippen LogP contribution in [0.2, 0.25) is 0 Å². The lowest BCUT2D eigenvalue weighted by atomic mass is 10.2. The van der Waals surface area contributed by atoms with Gasteiger partial charge in [-0.1, -0.05) is 42.1 Å². The molecule has 1 N–H and O–H groups in total. The van der Waals surface area contributed by atoms with Crippen LogP contribution in [-0.4, -0.2) is 38.5 Å². The average molecular weight is 476 g/mol. The van der Waals surface area contributed by atoms with Gasteiger partial charge in [-0.15, -0.1) is 10.2 Å². The van der Waals surface area contributed by atoms with Gasteiger partial charge in [0, 0.05) is 23.5 Å². The first-order chi connectivity index (χ1) is 16.5. The standard InChI is InChI=1S/C24H21N5O4S/c1-16-14-18(29(31)32)12-13-20(16)25-22(30)15-34-24-27-26-23(19-10-6-7-11-21(19)33-2)28(24)17-8-4-3-5-9-17/h3-14H,15H2,1-2H3,(H,25,30). The predicted octanol–water partition coefficient (Wildman–Crippen LogP) is 4.89. The van der Waals surface area contributed by atoms with E-state index in [2.05, 4.69) is 15.5 Å². The van der Waals surface area contributed by atoms with Gasteiger partial charge < -0.3 is 10.1 Å². The van der Waals surface area contributed by atoms with E-state index < -0.39 is 4.92 Å². The Balaban J connectivity index is 1.58. The van der Waals surface area contributed by atoms with Crippen molar-refractivity contribution in [3.8, 4) is 22.8 Å². The number of para-hydroxylation sites is 2. The van der Waals surface area contributed by atoms with Crippen LogP contribution in [0.4, 0.5) is 11.4 Å². The number of hydrogen-bond acceptors (Lipinski definition) is 7. The van der Waals surface area contributed by atoms with E-state index in [0.717, 1.165) is 11.3 Å². The van der Waals surface area contributed by atoms with Gasteiger partial charge in [0.1, 0.15) is 5.75 Å². The molecule has 0 saturated heterocycles. The molecule has 0 aliphatic carbocycles. The van der Waals surface area contributed by atoms with Crippen LogP contribution >= 0.6 is 11.8 Å². The smallest absolute Gasteiger partial charge is 0.269 e. The van der Waals surface area contributed by atoms with Crippen molar-refractivity contribution >= 4 is 29.0 Å². The summed E-state index contributed by atoms with van der Waals surface area (Å²) in [7, 11) is 1.60. The lowest BCUT2D eigenvalue weighted by Gasteiger charge is -2.12. The van der Waals surface area contributed by atoms with Crippen LogP contribution in [0, 0.1) is 17.0 Å². The quantitative estimate of drug-likeness (QED) is 0.219. The number of rotatable bonds is 8. The van der Waals surface area contributed by atoms with Gasteiger partial charge in [-0.3, -0.25) is 19.5 Å². The maximum Gasteiger partial charge on any atom is 0.269 e. The zero-order valence-corrected chi connectivity index (χ0v) is 19.3. The van der Waals surface area contributed by atoms with Crippen LogP contribution in [0.25, 0.3) is 17.1 Å². The molecule has 1 amide bonds. The number of nitrogens with one attached hydrogen (secondary N) is 1. The number of ether oxygens (including phenoxy) is 1. The van der Waals surface area contributed by atoms with E-state index in [1.54, 1.807) is 14.0 Å². The molecule has 4 aromatic rings. The molecule has 0 bridgehead atoms. The Hall–Kier alpha value is -4.18. The van der Waals surface area contributed by atoms with Crippen molar-refractivity contribution in [1.29, 1.82) is 0 Å². The first kappa shape index (κ1) is 23.0. The lowest BCUT2D eigenvalue weighted by molar-refractivity contribution is -0.384. The Kier molecular flexibility index (Phi) is 6.88. The summed E-state index contributed by atoms with van der Waals surface area (Å²) in [6.45, 7) is 1.71. The lowest BCUT2D eigenvalue weighted by Crippen LogP contribution is -2.15. The second-order valence-corrected chi connectivity index (χ2v) is 8.21. The summed E-state index contributed by atoms with van der Waals surface area (Å²) >= 11 is 1.24. The highest BCUT2D eigenvalue weighted by Crippen LogP contribution is 2.33. The van der Waals surface area contributed by atoms with Crippen molar-refractivity contribution < 1.29 is 14.5 Å². The van der Waals surface area contributed by atoms with Crippen molar-refractivity contribution in [3.05, 3.63) is 88.5 Å². The molecule has 9 nitrogen and oxygen atoms in total. The van der Waals surface area contributed by atoms with Crippen molar-refractivity contribution in [1.82, 2.24) is 14.8 Å². The van der Waals surface area contributed by atoms with Crippen LogP contribution < -0.4 is 10.1 Å². The topological polar surface area (TPSA) is 112 Å². The van der Waals surface area contributed by atoms with E-state index >= 15 is 0 Å². The average Bonchev–Trinajstić information content (AvgIpc) is 3.28. The molecule has 0 radical (unpaired) electrons. The van der Waals surface area contributed by atoms with Gasteiger partial charge >= 0.3 is 0 Å². The fraction of sp³-hybridized carbons (Fsp3) is 0.125. The van der Waals surface area contributed by atoms with Gasteiger partial charge in [-0.25, -0.2) is 0 Å². The Morgan fingerprint density at radius 2 is 1.82 bits per heavy atom. The third kappa shape index (κ3) is 4.91. The molecule has 4 rings (SSSR count). The molecule has 3 aromatic carbocycles. The summed E-state index contributed by atoms with van der Waals surface area (Å²) in [5.74, 6) is 1.07. The van der Waals surface area contributed by atoms with Crippen molar-refractivity contribution in [2.45, 2.75) is 12.1 Å². The summed E-state index contributed by atoms with van der Waals surface area (Å²) in [4.78, 5) is 23.1. The molecule has 0 spiro atoms. The fourth-order valence-corrected chi connectivity index (χ4v) is 4.15. The maximum atomic E-state index is 12.6. The summed E-state index contributed by atoms with van der Waals surface area (Å²) in [6.07, 6.45) is 0. The number of aryl methyl sites for hydroxylation is 1. The monoisotopic (exact) mass is 475 g/mol. The SMILES string of the molecule is COc1ccccc1-c1nnc(SCC(=O)Nc2ccc([N+](=O)[O-])cc2C)n1-c1ccccc1. The Morgan fingerprint density at radius 3 is 2.53 bits per heavy atom. The Morgan fingerprint density at radius 1 is 1.09 bits per heavy atom. The molecule has 0 aliphatic rings. The number of hydrogen-bond donors (Lipinski definition) is 1. The summed E-state index contributed by atoms with van der Waals surface area (Å²) in [5.41, 5.74) is 2.74. The van der Waals surface area contributed by atoms with E-state index in [4.69, 9.17) is 4.74 Å². The van der Waals surface area contributed by atoms with E-state index in [0.29, 0.717) is 28.0 Å². The highest BCUT2D eigenvalue weighted by molar-refractivity contribution is 7.99. The van der Waals surface area contributed by atoms with E-state index in [1.807, 2.05) is 59.2 Å². The minimum Gasteiger partial charge on any atom is -0.496 e. The van der Waals surface area contributed by atoms with Crippen molar-refractivity contribution in [2.75, 3.05) is 18.2 Å². The number of nitrogens with zero attached hydrogens (tertiary/aromatic N) is 4. The van der Waals surface area contributed by atoms with E-state index in [-0.39, 0.29) is 17.3 Å². The van der Waals surface area contributed by atoms with Gasteiger partial charge in [0.2, 0.25) is 5.91 Å². The largest absolute Gasteiger partial charge is 0.496 e. The molecule has 1 aromatic heterocycles. The first-order valence-corrected chi connectivity index (χ1v) is 11.3. The second-order valence-electron chi connectivity index (χ2n) is 7.27. The number of methoxy groups -OCH3 is 1. The molecule has 0 fully saturated rings. The van der Waals surface area contributed by atoms with Crippen LogP contribution in [0.15, 0.2) is 78.0 Å².